The van der Waals surface area contributed by atoms with E-state index < -0.39 is 0 Å². The van der Waals surface area contributed by atoms with Gasteiger partial charge >= 0.3 is 0 Å². The van der Waals surface area contributed by atoms with Crippen LogP contribution < -0.4 is 5.56 Å². The van der Waals surface area contributed by atoms with Crippen molar-refractivity contribution < 1.29 is 9.84 Å². The minimum atomic E-state index is -0.205. The van der Waals surface area contributed by atoms with Gasteiger partial charge in [0.2, 0.25) is 5.88 Å². The van der Waals surface area contributed by atoms with Crippen LogP contribution in [-0.4, -0.2) is 32.7 Å². The Balaban J connectivity index is 2.20. The molecule has 6 nitrogen and oxygen atoms in total. The van der Waals surface area contributed by atoms with Gasteiger partial charge in [0.1, 0.15) is 5.56 Å². The molecule has 0 fully saturated rings. The molecule has 0 atom stereocenters. The molecule has 0 aliphatic carbocycles. The van der Waals surface area contributed by atoms with Crippen LogP contribution in [0.2, 0.25) is 0 Å². The zero-order valence-corrected chi connectivity index (χ0v) is 10.7. The first-order valence-electron chi connectivity index (χ1n) is 5.71. The van der Waals surface area contributed by atoms with Crippen LogP contribution in [0.3, 0.4) is 0 Å². The molecule has 0 unspecified atom stereocenters. The molecule has 0 bridgehead atoms. The predicted molar refractivity (Wildman–Crippen MR) is 67.0 cm³/mol. The van der Waals surface area contributed by atoms with Crippen LogP contribution in [0.25, 0.3) is 11.3 Å². The van der Waals surface area contributed by atoms with E-state index in [0.29, 0.717) is 37.6 Å². The van der Waals surface area contributed by atoms with Crippen LogP contribution in [-0.2, 0) is 17.8 Å². The van der Waals surface area contributed by atoms with Gasteiger partial charge in [0.05, 0.1) is 37.0 Å². The van der Waals surface area contributed by atoms with E-state index in [0.717, 1.165) is 5.01 Å². The third-order valence-corrected chi connectivity index (χ3v) is 3.75. The number of aromatic nitrogens is 3. The molecule has 2 aromatic heterocycles. The van der Waals surface area contributed by atoms with E-state index in [1.165, 1.54) is 16.0 Å². The minimum Gasteiger partial charge on any atom is -0.493 e. The van der Waals surface area contributed by atoms with Crippen molar-refractivity contribution in [2.75, 3.05) is 13.2 Å². The molecule has 18 heavy (non-hydrogen) atoms. The Morgan fingerprint density at radius 1 is 1.39 bits per heavy atom. The third-order valence-electron chi connectivity index (χ3n) is 2.98. The molecule has 0 spiro atoms. The van der Waals surface area contributed by atoms with Gasteiger partial charge in [0.15, 0.2) is 0 Å². The number of fused-ring (bicyclic) bond motifs is 1. The zero-order chi connectivity index (χ0) is 12.7. The molecule has 7 heteroatoms. The molecule has 3 heterocycles. The van der Waals surface area contributed by atoms with E-state index >= 15 is 0 Å². The number of rotatable bonds is 1. The molecule has 1 aliphatic rings. The lowest BCUT2D eigenvalue weighted by atomic mass is 10.2. The number of hydrogen-bond acceptors (Lipinski definition) is 5. The second kappa shape index (κ2) is 4.25. The summed E-state index contributed by atoms with van der Waals surface area (Å²) in [7, 11) is 0. The van der Waals surface area contributed by atoms with Gasteiger partial charge in [-0.25, -0.2) is 14.3 Å². The Labute approximate surface area is 107 Å². The van der Waals surface area contributed by atoms with Crippen LogP contribution >= 0.6 is 11.3 Å². The van der Waals surface area contributed by atoms with Crippen molar-refractivity contribution in [3.05, 3.63) is 20.7 Å². The van der Waals surface area contributed by atoms with Crippen molar-refractivity contribution in [2.45, 2.75) is 20.0 Å². The van der Waals surface area contributed by atoms with Crippen molar-refractivity contribution in [2.24, 2.45) is 0 Å². The summed E-state index contributed by atoms with van der Waals surface area (Å²) in [5, 5.41) is 12.9. The van der Waals surface area contributed by atoms with Crippen LogP contribution in [0.1, 0.15) is 5.01 Å². The average molecular weight is 267 g/mol. The second-order valence-corrected chi connectivity index (χ2v) is 5.18. The summed E-state index contributed by atoms with van der Waals surface area (Å²) in [5.74, 6) is -0.0178. The highest BCUT2D eigenvalue weighted by Gasteiger charge is 2.23. The first kappa shape index (κ1) is 11.5. The number of aromatic hydroxyl groups is 1. The highest BCUT2D eigenvalue weighted by atomic mass is 32.1. The normalized spacial score (nSPS) is 15.4. The first-order valence-corrected chi connectivity index (χ1v) is 6.59. The molecular formula is C11H13N3O3S. The summed E-state index contributed by atoms with van der Waals surface area (Å²) in [4.78, 5) is 16.6. The molecule has 1 aliphatic heterocycles. The number of hydrogen-bond donors (Lipinski definition) is 1. The Morgan fingerprint density at radius 3 is 2.78 bits per heavy atom. The molecule has 96 valence electrons. The lowest BCUT2D eigenvalue weighted by Gasteiger charge is -2.05. The molecule has 2 aromatic rings. The largest absolute Gasteiger partial charge is 0.493 e. The fourth-order valence-electron chi connectivity index (χ4n) is 2.13. The van der Waals surface area contributed by atoms with Gasteiger partial charge in [-0.3, -0.25) is 4.79 Å². The summed E-state index contributed by atoms with van der Waals surface area (Å²) in [6.07, 6.45) is 0. The van der Waals surface area contributed by atoms with Gasteiger partial charge in [-0.15, -0.1) is 11.3 Å². The van der Waals surface area contributed by atoms with Crippen LogP contribution in [0.15, 0.2) is 10.2 Å². The Bertz CT molecular complexity index is 640. The maximum Gasteiger partial charge on any atom is 0.280 e. The average Bonchev–Trinajstić information content (AvgIpc) is 2.75. The van der Waals surface area contributed by atoms with Gasteiger partial charge in [0, 0.05) is 5.38 Å². The smallest absolute Gasteiger partial charge is 0.280 e. The topological polar surface area (TPSA) is 69.3 Å². The van der Waals surface area contributed by atoms with Crippen LogP contribution in [0, 0.1) is 6.92 Å². The Hall–Kier alpha value is -1.60. The van der Waals surface area contributed by atoms with Gasteiger partial charge in [-0.2, -0.15) is 0 Å². The van der Waals surface area contributed by atoms with Gasteiger partial charge in [-0.05, 0) is 6.92 Å². The van der Waals surface area contributed by atoms with E-state index in [9.17, 15) is 9.90 Å². The highest BCUT2D eigenvalue weighted by Crippen LogP contribution is 2.27. The number of aryl methyl sites for hydroxylation is 1. The molecule has 1 N–H and O–H groups in total. The van der Waals surface area contributed by atoms with Crippen molar-refractivity contribution >= 4 is 11.3 Å². The van der Waals surface area contributed by atoms with E-state index in [1.54, 1.807) is 10.1 Å². The minimum absolute atomic E-state index is 0.0178. The lowest BCUT2D eigenvalue weighted by Crippen LogP contribution is -2.23. The van der Waals surface area contributed by atoms with Crippen LogP contribution in [0.4, 0.5) is 0 Å². The fraction of sp³-hybridized carbons (Fsp3) is 0.455. The van der Waals surface area contributed by atoms with Gasteiger partial charge in [0.25, 0.3) is 5.56 Å². The maximum absolute atomic E-state index is 12.3. The molecule has 0 amide bonds. The summed E-state index contributed by atoms with van der Waals surface area (Å²) >= 11 is 1.46. The molecule has 0 radical (unpaired) electrons. The van der Waals surface area contributed by atoms with Gasteiger partial charge in [-0.1, -0.05) is 0 Å². The Kier molecular flexibility index (Phi) is 2.71. The fourth-order valence-corrected chi connectivity index (χ4v) is 2.74. The lowest BCUT2D eigenvalue weighted by molar-refractivity contribution is 0.137. The quantitative estimate of drug-likeness (QED) is 0.830. The number of ether oxygens (including phenoxy) is 1. The van der Waals surface area contributed by atoms with E-state index in [4.69, 9.17) is 4.74 Å². The summed E-state index contributed by atoms with van der Waals surface area (Å²) in [5.41, 5.74) is 0.638. The second-order valence-electron chi connectivity index (χ2n) is 4.11. The van der Waals surface area contributed by atoms with Crippen molar-refractivity contribution in [1.82, 2.24) is 14.3 Å². The number of thiazole rings is 1. The molecule has 0 saturated carbocycles. The monoisotopic (exact) mass is 267 g/mol. The third kappa shape index (κ3) is 1.67. The van der Waals surface area contributed by atoms with Crippen LogP contribution in [0.5, 0.6) is 5.88 Å². The van der Waals surface area contributed by atoms with Crippen molar-refractivity contribution in [3.8, 4) is 17.1 Å². The molecule has 0 aromatic carbocycles. The van der Waals surface area contributed by atoms with Gasteiger partial charge < -0.3 is 9.84 Å². The van der Waals surface area contributed by atoms with Crippen molar-refractivity contribution in [1.29, 1.82) is 0 Å². The predicted octanol–water partition coefficient (Wildman–Crippen LogP) is 0.818. The molecule has 3 rings (SSSR count). The highest BCUT2D eigenvalue weighted by molar-refractivity contribution is 7.09. The first-order chi connectivity index (χ1) is 8.68. The Morgan fingerprint density at radius 2 is 2.11 bits per heavy atom. The van der Waals surface area contributed by atoms with E-state index in [2.05, 4.69) is 4.98 Å². The maximum atomic E-state index is 12.3. The summed E-state index contributed by atoms with van der Waals surface area (Å²) < 4.78 is 8.38. The summed E-state index contributed by atoms with van der Waals surface area (Å²) in [6, 6.07) is 0. The zero-order valence-electron chi connectivity index (χ0n) is 9.92. The summed E-state index contributed by atoms with van der Waals surface area (Å²) in [6.45, 7) is 3.79. The molecule has 0 saturated heterocycles. The standard InChI is InChI=1S/C11H13N3O3S/c1-7-12-8(6-18-7)9-10(15)13-2-4-17-5-3-14(13)11(9)16/h6,15H,2-5H2,1H3. The van der Waals surface area contributed by atoms with Crippen molar-refractivity contribution in [3.63, 3.8) is 0 Å². The van der Waals surface area contributed by atoms with E-state index in [1.807, 2.05) is 6.92 Å². The SMILES string of the molecule is Cc1nc(-c2c(O)n3n(c2=O)CCOCC3)cs1. The molecular weight excluding hydrogens is 254 g/mol. The number of nitrogens with zero attached hydrogens (tertiary/aromatic N) is 3. The van der Waals surface area contributed by atoms with E-state index in [-0.39, 0.29) is 11.4 Å².